The summed E-state index contributed by atoms with van der Waals surface area (Å²) >= 11 is 0. The molecular formula is C19H34IN5O2. The molecule has 2 N–H and O–H groups in total. The highest BCUT2D eigenvalue weighted by Gasteiger charge is 2.28. The fraction of sp³-hybridized carbons (Fsp3) is 0.737. The van der Waals surface area contributed by atoms with E-state index < -0.39 is 0 Å². The summed E-state index contributed by atoms with van der Waals surface area (Å²) in [6.07, 6.45) is 3.05. The molecule has 2 heterocycles. The lowest BCUT2D eigenvalue weighted by Gasteiger charge is -2.20. The van der Waals surface area contributed by atoms with Gasteiger partial charge in [-0.3, -0.25) is 9.79 Å². The number of likely N-dealkylation sites (tertiary alicyclic amines) is 1. The predicted molar refractivity (Wildman–Crippen MR) is 118 cm³/mol. The van der Waals surface area contributed by atoms with Gasteiger partial charge < -0.3 is 20.1 Å². The molecule has 1 fully saturated rings. The average Bonchev–Trinajstić information content (AvgIpc) is 3.28. The predicted octanol–water partition coefficient (Wildman–Crippen LogP) is 3.12. The Labute approximate surface area is 179 Å². The highest BCUT2D eigenvalue weighted by atomic mass is 127. The third kappa shape index (κ3) is 6.65. The van der Waals surface area contributed by atoms with Crippen molar-refractivity contribution in [3.63, 3.8) is 0 Å². The molecule has 1 saturated heterocycles. The van der Waals surface area contributed by atoms with Crippen LogP contribution in [0.2, 0.25) is 0 Å². The topological polar surface area (TPSA) is 82.8 Å². The molecule has 8 heteroatoms. The molecule has 0 spiro atoms. The van der Waals surface area contributed by atoms with Gasteiger partial charge in [-0.25, -0.2) is 0 Å². The monoisotopic (exact) mass is 491 g/mol. The van der Waals surface area contributed by atoms with Crippen LogP contribution in [0.15, 0.2) is 15.6 Å². The van der Waals surface area contributed by atoms with Gasteiger partial charge in [0, 0.05) is 44.1 Å². The first-order chi connectivity index (χ1) is 12.5. The minimum Gasteiger partial charge on any atom is -0.359 e. The van der Waals surface area contributed by atoms with Crippen molar-refractivity contribution in [3.8, 4) is 0 Å². The molecule has 0 aromatic carbocycles. The number of halogens is 1. The second kappa shape index (κ2) is 11.5. The second-order valence-electron chi connectivity index (χ2n) is 7.23. The van der Waals surface area contributed by atoms with Gasteiger partial charge in [-0.1, -0.05) is 32.9 Å². The van der Waals surface area contributed by atoms with Crippen molar-refractivity contribution in [1.82, 2.24) is 20.7 Å². The molecule has 154 valence electrons. The first-order valence-corrected chi connectivity index (χ1v) is 9.69. The van der Waals surface area contributed by atoms with Crippen molar-refractivity contribution in [3.05, 3.63) is 17.5 Å². The van der Waals surface area contributed by atoms with Gasteiger partial charge in [0.25, 0.3) is 0 Å². The number of rotatable bonds is 7. The van der Waals surface area contributed by atoms with Crippen LogP contribution in [0.1, 0.15) is 64.3 Å². The van der Waals surface area contributed by atoms with Gasteiger partial charge in [0.2, 0.25) is 5.91 Å². The largest absolute Gasteiger partial charge is 0.359 e. The third-order valence-corrected chi connectivity index (χ3v) is 4.97. The molecule has 1 aromatic heterocycles. The Morgan fingerprint density at radius 2 is 2.11 bits per heavy atom. The van der Waals surface area contributed by atoms with Crippen LogP contribution in [-0.2, 0) is 11.3 Å². The number of nitrogens with zero attached hydrogens (tertiary/aromatic N) is 3. The van der Waals surface area contributed by atoms with Crippen LogP contribution in [0.25, 0.3) is 0 Å². The zero-order valence-electron chi connectivity index (χ0n) is 17.1. The van der Waals surface area contributed by atoms with Crippen LogP contribution >= 0.6 is 24.0 Å². The molecule has 1 amide bonds. The molecule has 27 heavy (non-hydrogen) atoms. The standard InChI is InChI=1S/C19H33N5O2.HI/c1-6-14(7-2)17-10-16(26-23-17)11-21-19(20-5)22-15-8-9-24(12-15)18(25)13(3)4;/h10,13-15H,6-9,11-12H2,1-5H3,(H2,20,21,22);1H. The number of hydrogen-bond acceptors (Lipinski definition) is 4. The van der Waals surface area contributed by atoms with Gasteiger partial charge in [-0.15, -0.1) is 24.0 Å². The lowest BCUT2D eigenvalue weighted by Crippen LogP contribution is -2.45. The molecular weight excluding hydrogens is 457 g/mol. The van der Waals surface area contributed by atoms with Crippen molar-refractivity contribution in [2.45, 2.75) is 65.5 Å². The number of amides is 1. The minimum atomic E-state index is 0. The maximum absolute atomic E-state index is 12.1. The maximum Gasteiger partial charge on any atom is 0.225 e. The van der Waals surface area contributed by atoms with Gasteiger partial charge in [0.15, 0.2) is 11.7 Å². The highest BCUT2D eigenvalue weighted by molar-refractivity contribution is 14.0. The third-order valence-electron chi connectivity index (χ3n) is 4.97. The van der Waals surface area contributed by atoms with Crippen LogP contribution in [0, 0.1) is 5.92 Å². The van der Waals surface area contributed by atoms with Gasteiger partial charge in [0.1, 0.15) is 0 Å². The summed E-state index contributed by atoms with van der Waals surface area (Å²) in [5.74, 6) is 2.23. The smallest absolute Gasteiger partial charge is 0.225 e. The van der Waals surface area contributed by atoms with E-state index in [9.17, 15) is 4.79 Å². The summed E-state index contributed by atoms with van der Waals surface area (Å²) in [4.78, 5) is 18.3. The summed E-state index contributed by atoms with van der Waals surface area (Å²) < 4.78 is 5.44. The van der Waals surface area contributed by atoms with E-state index in [1.807, 2.05) is 24.8 Å². The van der Waals surface area contributed by atoms with Crippen molar-refractivity contribution < 1.29 is 9.32 Å². The molecule has 0 bridgehead atoms. The van der Waals surface area contributed by atoms with Crippen LogP contribution in [0.4, 0.5) is 0 Å². The number of aromatic nitrogens is 1. The maximum atomic E-state index is 12.1. The number of guanidine groups is 1. The molecule has 1 aliphatic rings. The average molecular weight is 491 g/mol. The number of aliphatic imine (C=N–C) groups is 1. The normalized spacial score (nSPS) is 17.4. The van der Waals surface area contributed by atoms with E-state index in [4.69, 9.17) is 4.52 Å². The Kier molecular flexibility index (Phi) is 10.1. The van der Waals surface area contributed by atoms with Crippen LogP contribution in [0.3, 0.4) is 0 Å². The van der Waals surface area contributed by atoms with Gasteiger partial charge in [-0.05, 0) is 19.3 Å². The van der Waals surface area contributed by atoms with E-state index in [1.54, 1.807) is 7.05 Å². The Bertz CT molecular complexity index is 613. The number of hydrogen-bond donors (Lipinski definition) is 2. The minimum absolute atomic E-state index is 0. The first kappa shape index (κ1) is 23.7. The Morgan fingerprint density at radius 1 is 1.41 bits per heavy atom. The van der Waals surface area contributed by atoms with Crippen molar-refractivity contribution in [1.29, 1.82) is 0 Å². The lowest BCUT2D eigenvalue weighted by molar-refractivity contribution is -0.133. The summed E-state index contributed by atoms with van der Waals surface area (Å²) in [6, 6.07) is 2.25. The molecule has 7 nitrogen and oxygen atoms in total. The fourth-order valence-corrected chi connectivity index (χ4v) is 3.31. The first-order valence-electron chi connectivity index (χ1n) is 9.69. The molecule has 1 atom stereocenters. The fourth-order valence-electron chi connectivity index (χ4n) is 3.31. The SMILES string of the molecule is CCC(CC)c1cc(CNC(=NC)NC2CCN(C(=O)C(C)C)C2)on1.I. The van der Waals surface area contributed by atoms with Crippen LogP contribution in [-0.4, -0.2) is 48.1 Å². The lowest BCUT2D eigenvalue weighted by atomic mass is 9.99. The van der Waals surface area contributed by atoms with E-state index in [-0.39, 0.29) is 41.8 Å². The Morgan fingerprint density at radius 3 is 2.70 bits per heavy atom. The summed E-state index contributed by atoms with van der Waals surface area (Å²) in [5, 5.41) is 10.9. The van der Waals surface area contributed by atoms with Crippen molar-refractivity contribution >= 4 is 35.8 Å². The van der Waals surface area contributed by atoms with E-state index in [0.29, 0.717) is 18.4 Å². The highest BCUT2D eigenvalue weighted by Crippen LogP contribution is 2.22. The van der Waals surface area contributed by atoms with Crippen LogP contribution in [0.5, 0.6) is 0 Å². The van der Waals surface area contributed by atoms with E-state index >= 15 is 0 Å². The molecule has 2 rings (SSSR count). The second-order valence-corrected chi connectivity index (χ2v) is 7.23. The number of nitrogens with one attached hydrogen (secondary N) is 2. The van der Waals surface area contributed by atoms with Gasteiger partial charge in [-0.2, -0.15) is 0 Å². The number of carbonyl (C=O) groups excluding carboxylic acids is 1. The van der Waals surface area contributed by atoms with Crippen molar-refractivity contribution in [2.75, 3.05) is 20.1 Å². The van der Waals surface area contributed by atoms with Gasteiger partial charge >= 0.3 is 0 Å². The molecule has 0 saturated carbocycles. The van der Waals surface area contributed by atoms with Crippen LogP contribution < -0.4 is 10.6 Å². The Balaban J connectivity index is 0.00000364. The molecule has 1 unspecified atom stereocenters. The molecule has 1 aromatic rings. The van der Waals surface area contributed by atoms with E-state index in [0.717, 1.165) is 43.8 Å². The molecule has 0 radical (unpaired) electrons. The number of carbonyl (C=O) groups is 1. The summed E-state index contributed by atoms with van der Waals surface area (Å²) in [7, 11) is 1.75. The van der Waals surface area contributed by atoms with Crippen molar-refractivity contribution in [2.24, 2.45) is 10.9 Å². The molecule has 0 aliphatic carbocycles. The zero-order valence-corrected chi connectivity index (χ0v) is 19.4. The van der Waals surface area contributed by atoms with E-state index in [1.165, 1.54) is 0 Å². The zero-order chi connectivity index (χ0) is 19.1. The molecule has 1 aliphatic heterocycles. The van der Waals surface area contributed by atoms with Gasteiger partial charge in [0.05, 0.1) is 12.2 Å². The quantitative estimate of drug-likeness (QED) is 0.348. The summed E-state index contributed by atoms with van der Waals surface area (Å²) in [5.41, 5.74) is 1.02. The Hall–Kier alpha value is -1.32. The van der Waals surface area contributed by atoms with E-state index in [2.05, 4.69) is 34.6 Å². The summed E-state index contributed by atoms with van der Waals surface area (Å²) in [6.45, 7) is 10.3.